The van der Waals surface area contributed by atoms with Crippen LogP contribution < -0.4 is 5.32 Å². The lowest BCUT2D eigenvalue weighted by molar-refractivity contribution is 0.261. The van der Waals surface area contributed by atoms with E-state index in [0.717, 1.165) is 18.5 Å². The summed E-state index contributed by atoms with van der Waals surface area (Å²) in [5.41, 5.74) is 1.33. The van der Waals surface area contributed by atoms with Gasteiger partial charge < -0.3 is 5.32 Å². The second-order valence-electron chi connectivity index (χ2n) is 5.06. The molecule has 1 atom stereocenters. The summed E-state index contributed by atoms with van der Waals surface area (Å²) in [5.74, 6) is 0.929. The van der Waals surface area contributed by atoms with Crippen LogP contribution in [0.15, 0.2) is 12.2 Å². The van der Waals surface area contributed by atoms with E-state index in [0.29, 0.717) is 0 Å². The van der Waals surface area contributed by atoms with E-state index in [-0.39, 0.29) is 0 Å². The maximum atomic E-state index is 4.00. The molecule has 0 aliphatic heterocycles. The molecule has 1 rings (SSSR count). The summed E-state index contributed by atoms with van der Waals surface area (Å²) in [7, 11) is 0. The van der Waals surface area contributed by atoms with Crippen molar-refractivity contribution in [3.8, 4) is 0 Å². The second-order valence-corrected chi connectivity index (χ2v) is 5.06. The minimum Gasteiger partial charge on any atom is -0.314 e. The minimum absolute atomic E-state index is 0.743. The predicted octanol–water partition coefficient (Wildman–Crippen LogP) is 3.90. The van der Waals surface area contributed by atoms with E-state index in [1.54, 1.807) is 0 Å². The molecular weight excluding hydrogens is 182 g/mol. The second kappa shape index (κ2) is 7.05. The molecule has 1 heteroatoms. The molecule has 1 saturated carbocycles. The van der Waals surface area contributed by atoms with Crippen LogP contribution in [-0.4, -0.2) is 12.6 Å². The molecule has 1 unspecified atom stereocenters. The molecule has 0 aromatic carbocycles. The lowest BCUT2D eigenvalue weighted by atomic mass is 9.82. The van der Waals surface area contributed by atoms with Crippen molar-refractivity contribution < 1.29 is 0 Å². The van der Waals surface area contributed by atoms with Gasteiger partial charge in [0.15, 0.2) is 0 Å². The highest BCUT2D eigenvalue weighted by molar-refractivity contribution is 4.91. The smallest absolute Gasteiger partial charge is 0.00982 e. The van der Waals surface area contributed by atoms with Gasteiger partial charge in [0, 0.05) is 6.04 Å². The molecule has 0 amide bonds. The fourth-order valence-corrected chi connectivity index (χ4v) is 2.71. The van der Waals surface area contributed by atoms with Crippen LogP contribution in [0.4, 0.5) is 0 Å². The average Bonchev–Trinajstić information content (AvgIpc) is 2.25. The Hall–Kier alpha value is -0.300. The lowest BCUT2D eigenvalue weighted by Crippen LogP contribution is -2.37. The van der Waals surface area contributed by atoms with Gasteiger partial charge in [-0.2, -0.15) is 0 Å². The van der Waals surface area contributed by atoms with Crippen molar-refractivity contribution in [1.82, 2.24) is 5.32 Å². The quantitative estimate of drug-likeness (QED) is 0.654. The highest BCUT2D eigenvalue weighted by Gasteiger charge is 2.22. The number of hydrogen-bond donors (Lipinski definition) is 1. The first-order valence-electron chi connectivity index (χ1n) is 6.61. The Morgan fingerprint density at radius 2 is 2.00 bits per heavy atom. The molecule has 0 aromatic rings. The highest BCUT2D eigenvalue weighted by Crippen LogP contribution is 2.28. The van der Waals surface area contributed by atoms with Crippen LogP contribution in [0.3, 0.4) is 0 Å². The highest BCUT2D eigenvalue weighted by atomic mass is 14.9. The molecule has 1 aliphatic carbocycles. The molecule has 0 aromatic heterocycles. The fourth-order valence-electron chi connectivity index (χ4n) is 2.71. The molecule has 1 N–H and O–H groups in total. The number of rotatable bonds is 6. The maximum Gasteiger partial charge on any atom is 0.00982 e. The van der Waals surface area contributed by atoms with Gasteiger partial charge in [0.05, 0.1) is 0 Å². The normalized spacial score (nSPS) is 20.1. The molecular formula is C14H27N. The van der Waals surface area contributed by atoms with Crippen molar-refractivity contribution in [3.05, 3.63) is 12.2 Å². The molecule has 88 valence electrons. The van der Waals surface area contributed by atoms with E-state index in [1.165, 1.54) is 50.5 Å². The zero-order valence-corrected chi connectivity index (χ0v) is 10.5. The average molecular weight is 209 g/mol. The molecule has 15 heavy (non-hydrogen) atoms. The Morgan fingerprint density at radius 1 is 1.33 bits per heavy atom. The van der Waals surface area contributed by atoms with Gasteiger partial charge in [-0.1, -0.05) is 31.8 Å². The standard InChI is InChI=1S/C14H27N/c1-4-15-14(11-10-12(2)3)13-8-6-5-7-9-13/h13-15H,2,4-11H2,1,3H3. The monoisotopic (exact) mass is 209 g/mol. The van der Waals surface area contributed by atoms with Gasteiger partial charge in [0.2, 0.25) is 0 Å². The van der Waals surface area contributed by atoms with E-state index in [1.807, 2.05) is 0 Å². The number of hydrogen-bond acceptors (Lipinski definition) is 1. The molecule has 0 bridgehead atoms. The van der Waals surface area contributed by atoms with Crippen molar-refractivity contribution in [2.45, 2.75) is 64.8 Å². The van der Waals surface area contributed by atoms with Gasteiger partial charge in [-0.15, -0.1) is 6.58 Å². The number of nitrogens with one attached hydrogen (secondary N) is 1. The van der Waals surface area contributed by atoms with Crippen LogP contribution in [0, 0.1) is 5.92 Å². The van der Waals surface area contributed by atoms with Crippen LogP contribution in [0.25, 0.3) is 0 Å². The fraction of sp³-hybridized carbons (Fsp3) is 0.857. The zero-order valence-electron chi connectivity index (χ0n) is 10.5. The third kappa shape index (κ3) is 4.83. The topological polar surface area (TPSA) is 12.0 Å². The van der Waals surface area contributed by atoms with E-state index in [2.05, 4.69) is 25.7 Å². The van der Waals surface area contributed by atoms with Crippen molar-refractivity contribution in [2.24, 2.45) is 5.92 Å². The van der Waals surface area contributed by atoms with Gasteiger partial charge in [-0.05, 0) is 45.1 Å². The molecule has 1 fully saturated rings. The van der Waals surface area contributed by atoms with E-state index < -0.39 is 0 Å². The summed E-state index contributed by atoms with van der Waals surface area (Å²) in [6.07, 6.45) is 9.69. The Bertz CT molecular complexity index is 180. The maximum absolute atomic E-state index is 4.00. The van der Waals surface area contributed by atoms with E-state index >= 15 is 0 Å². The van der Waals surface area contributed by atoms with Gasteiger partial charge >= 0.3 is 0 Å². The molecule has 0 heterocycles. The van der Waals surface area contributed by atoms with Crippen molar-refractivity contribution in [3.63, 3.8) is 0 Å². The SMILES string of the molecule is C=C(C)CCC(NCC)C1CCCCC1. The number of allylic oxidation sites excluding steroid dienone is 1. The van der Waals surface area contributed by atoms with Crippen LogP contribution in [0.2, 0.25) is 0 Å². The third-order valence-electron chi connectivity index (χ3n) is 3.57. The van der Waals surface area contributed by atoms with Crippen LogP contribution in [0.1, 0.15) is 58.8 Å². The van der Waals surface area contributed by atoms with Crippen molar-refractivity contribution >= 4 is 0 Å². The predicted molar refractivity (Wildman–Crippen MR) is 68.1 cm³/mol. The Balaban J connectivity index is 2.36. The summed E-state index contributed by atoms with van der Waals surface area (Å²) in [4.78, 5) is 0. The Labute approximate surface area is 95.3 Å². The van der Waals surface area contributed by atoms with Gasteiger partial charge in [0.1, 0.15) is 0 Å². The van der Waals surface area contributed by atoms with E-state index in [4.69, 9.17) is 0 Å². The Morgan fingerprint density at radius 3 is 2.53 bits per heavy atom. The first-order chi connectivity index (χ1) is 7.24. The zero-order chi connectivity index (χ0) is 11.1. The largest absolute Gasteiger partial charge is 0.314 e. The summed E-state index contributed by atoms with van der Waals surface area (Å²) in [6, 6.07) is 0.743. The van der Waals surface area contributed by atoms with Gasteiger partial charge in [0.25, 0.3) is 0 Å². The minimum atomic E-state index is 0.743. The van der Waals surface area contributed by atoms with Gasteiger partial charge in [-0.3, -0.25) is 0 Å². The molecule has 0 saturated heterocycles. The summed E-state index contributed by atoms with van der Waals surface area (Å²) in [6.45, 7) is 9.47. The van der Waals surface area contributed by atoms with Crippen LogP contribution in [0.5, 0.6) is 0 Å². The van der Waals surface area contributed by atoms with E-state index in [9.17, 15) is 0 Å². The van der Waals surface area contributed by atoms with Gasteiger partial charge in [-0.25, -0.2) is 0 Å². The summed E-state index contributed by atoms with van der Waals surface area (Å²) < 4.78 is 0. The molecule has 0 spiro atoms. The molecule has 0 radical (unpaired) electrons. The molecule has 1 aliphatic rings. The summed E-state index contributed by atoms with van der Waals surface area (Å²) >= 11 is 0. The van der Waals surface area contributed by atoms with Crippen LogP contribution in [-0.2, 0) is 0 Å². The van der Waals surface area contributed by atoms with Crippen molar-refractivity contribution in [1.29, 1.82) is 0 Å². The molecule has 1 nitrogen and oxygen atoms in total. The first kappa shape index (κ1) is 12.8. The third-order valence-corrected chi connectivity index (χ3v) is 3.57. The summed E-state index contributed by atoms with van der Waals surface area (Å²) in [5, 5.41) is 3.67. The van der Waals surface area contributed by atoms with Crippen molar-refractivity contribution in [2.75, 3.05) is 6.54 Å². The van der Waals surface area contributed by atoms with Crippen LogP contribution >= 0.6 is 0 Å². The Kier molecular flexibility index (Phi) is 6.00. The first-order valence-corrected chi connectivity index (χ1v) is 6.61. The lowest BCUT2D eigenvalue weighted by Gasteiger charge is -2.31.